The third-order valence-electron chi connectivity index (χ3n) is 4.72. The molecule has 0 heterocycles. The number of carbonyl (C=O) groups is 1. The molecule has 2 rings (SSSR count). The minimum atomic E-state index is -0.608. The average molecular weight is 260 g/mol. The number of aliphatic carboxylic acids is 1. The number of carboxylic acid groups (broad SMARTS) is 1. The first-order valence-electron chi connectivity index (χ1n) is 7.41. The average Bonchev–Trinajstić information content (AvgIpc) is 2.84. The van der Waals surface area contributed by atoms with Gasteiger partial charge in [-0.3, -0.25) is 4.79 Å². The highest BCUT2D eigenvalue weighted by Crippen LogP contribution is 2.45. The summed E-state index contributed by atoms with van der Waals surface area (Å²) in [5.41, 5.74) is 1.95. The summed E-state index contributed by atoms with van der Waals surface area (Å²) in [5, 5.41) is 9.64. The molecule has 1 fully saturated rings. The predicted molar refractivity (Wildman–Crippen MR) is 77.2 cm³/mol. The molecule has 0 spiro atoms. The summed E-state index contributed by atoms with van der Waals surface area (Å²) in [5.74, 6) is -0.0194. The molecule has 0 aliphatic heterocycles. The molecule has 1 aromatic carbocycles. The van der Waals surface area contributed by atoms with Crippen molar-refractivity contribution < 1.29 is 9.90 Å². The quantitative estimate of drug-likeness (QED) is 0.866. The second-order valence-electron chi connectivity index (χ2n) is 5.95. The van der Waals surface area contributed by atoms with Gasteiger partial charge in [0.15, 0.2) is 0 Å². The van der Waals surface area contributed by atoms with Crippen LogP contribution in [0.2, 0.25) is 0 Å². The van der Waals surface area contributed by atoms with Crippen molar-refractivity contribution in [2.45, 2.75) is 52.4 Å². The molecule has 2 heteroatoms. The van der Waals surface area contributed by atoms with Gasteiger partial charge >= 0.3 is 5.97 Å². The Morgan fingerprint density at radius 3 is 2.37 bits per heavy atom. The van der Waals surface area contributed by atoms with E-state index in [4.69, 9.17) is 0 Å². The fourth-order valence-corrected chi connectivity index (χ4v) is 3.30. The largest absolute Gasteiger partial charge is 0.481 e. The van der Waals surface area contributed by atoms with E-state index in [9.17, 15) is 9.90 Å². The molecule has 2 unspecified atom stereocenters. The molecule has 1 saturated carbocycles. The number of hydrogen-bond acceptors (Lipinski definition) is 1. The summed E-state index contributed by atoms with van der Waals surface area (Å²) < 4.78 is 0. The summed E-state index contributed by atoms with van der Waals surface area (Å²) in [4.78, 5) is 11.7. The fourth-order valence-electron chi connectivity index (χ4n) is 3.30. The van der Waals surface area contributed by atoms with Crippen LogP contribution in [0.5, 0.6) is 0 Å². The van der Waals surface area contributed by atoms with E-state index in [0.717, 1.165) is 37.7 Å². The van der Waals surface area contributed by atoms with Crippen LogP contribution in [0.15, 0.2) is 24.3 Å². The van der Waals surface area contributed by atoms with E-state index < -0.39 is 11.4 Å². The number of hydrogen-bond donors (Lipinski definition) is 1. The highest BCUT2D eigenvalue weighted by molar-refractivity contribution is 5.75. The summed E-state index contributed by atoms with van der Waals surface area (Å²) >= 11 is 0. The van der Waals surface area contributed by atoms with Crippen molar-refractivity contribution in [1.29, 1.82) is 0 Å². The van der Waals surface area contributed by atoms with Gasteiger partial charge in [-0.15, -0.1) is 0 Å². The molecule has 0 amide bonds. The molecular formula is C17H24O2. The van der Waals surface area contributed by atoms with Gasteiger partial charge < -0.3 is 5.11 Å². The monoisotopic (exact) mass is 260 g/mol. The molecule has 2 atom stereocenters. The third kappa shape index (κ3) is 2.99. The molecule has 19 heavy (non-hydrogen) atoms. The lowest BCUT2D eigenvalue weighted by molar-refractivity contribution is -0.148. The number of carboxylic acids is 1. The van der Waals surface area contributed by atoms with Crippen LogP contribution >= 0.6 is 0 Å². The van der Waals surface area contributed by atoms with Crippen molar-refractivity contribution in [3.05, 3.63) is 35.4 Å². The first-order valence-corrected chi connectivity index (χ1v) is 7.41. The van der Waals surface area contributed by atoms with Gasteiger partial charge in [0.2, 0.25) is 0 Å². The van der Waals surface area contributed by atoms with Crippen molar-refractivity contribution in [2.24, 2.45) is 11.3 Å². The van der Waals surface area contributed by atoms with E-state index in [-0.39, 0.29) is 0 Å². The highest BCUT2D eigenvalue weighted by Gasteiger charge is 2.44. The van der Waals surface area contributed by atoms with Crippen molar-refractivity contribution in [3.63, 3.8) is 0 Å². The van der Waals surface area contributed by atoms with Gasteiger partial charge in [0, 0.05) is 0 Å². The van der Waals surface area contributed by atoms with Crippen molar-refractivity contribution in [1.82, 2.24) is 0 Å². The van der Waals surface area contributed by atoms with Crippen LogP contribution in [0.1, 0.15) is 50.7 Å². The molecule has 1 aliphatic rings. The second kappa shape index (κ2) is 5.77. The molecule has 2 nitrogen and oxygen atoms in total. The Morgan fingerprint density at radius 1 is 1.26 bits per heavy atom. The molecular weight excluding hydrogens is 236 g/mol. The van der Waals surface area contributed by atoms with E-state index in [1.54, 1.807) is 0 Å². The number of rotatable bonds is 5. The van der Waals surface area contributed by atoms with Crippen LogP contribution in [-0.4, -0.2) is 11.1 Å². The minimum absolute atomic E-state index is 0.519. The molecule has 0 radical (unpaired) electrons. The maximum absolute atomic E-state index is 11.7. The fraction of sp³-hybridized carbons (Fsp3) is 0.588. The van der Waals surface area contributed by atoms with E-state index >= 15 is 0 Å². The van der Waals surface area contributed by atoms with Gasteiger partial charge in [-0.1, -0.05) is 44.5 Å². The second-order valence-corrected chi connectivity index (χ2v) is 5.95. The molecule has 1 aliphatic carbocycles. The van der Waals surface area contributed by atoms with E-state index in [1.165, 1.54) is 5.56 Å². The Bertz CT molecular complexity index is 435. The van der Waals surface area contributed by atoms with Gasteiger partial charge in [0.05, 0.1) is 5.41 Å². The standard InChI is InChI=1S/C17H24O2/c1-3-13-5-7-15(8-6-13)12-17(16(18)19)10-9-14(4-2)11-17/h5-8,14H,3-4,9-12H2,1-2H3,(H,18,19). The first-order chi connectivity index (χ1) is 9.09. The van der Waals surface area contributed by atoms with Gasteiger partial charge in [0.25, 0.3) is 0 Å². The topological polar surface area (TPSA) is 37.3 Å². The van der Waals surface area contributed by atoms with Crippen LogP contribution < -0.4 is 0 Å². The molecule has 104 valence electrons. The Hall–Kier alpha value is -1.31. The van der Waals surface area contributed by atoms with Gasteiger partial charge in [-0.05, 0) is 49.1 Å². The normalized spacial score (nSPS) is 26.5. The molecule has 1 N–H and O–H groups in total. The van der Waals surface area contributed by atoms with E-state index in [1.807, 2.05) is 0 Å². The lowest BCUT2D eigenvalue weighted by atomic mass is 9.79. The molecule has 0 aromatic heterocycles. The summed E-state index contributed by atoms with van der Waals surface area (Å²) in [6.07, 6.45) is 5.55. The van der Waals surface area contributed by atoms with Crippen molar-refractivity contribution >= 4 is 5.97 Å². The van der Waals surface area contributed by atoms with Crippen LogP contribution in [-0.2, 0) is 17.6 Å². The van der Waals surface area contributed by atoms with Gasteiger partial charge in [0.1, 0.15) is 0 Å². The van der Waals surface area contributed by atoms with Crippen LogP contribution in [0.4, 0.5) is 0 Å². The smallest absolute Gasteiger partial charge is 0.309 e. The minimum Gasteiger partial charge on any atom is -0.481 e. The van der Waals surface area contributed by atoms with Crippen LogP contribution in [0.3, 0.4) is 0 Å². The molecule has 1 aromatic rings. The van der Waals surface area contributed by atoms with E-state index in [2.05, 4.69) is 38.1 Å². The lowest BCUT2D eigenvalue weighted by Crippen LogP contribution is -2.30. The summed E-state index contributed by atoms with van der Waals surface area (Å²) in [6.45, 7) is 4.30. The van der Waals surface area contributed by atoms with Crippen molar-refractivity contribution in [3.8, 4) is 0 Å². The van der Waals surface area contributed by atoms with E-state index in [0.29, 0.717) is 12.3 Å². The zero-order chi connectivity index (χ0) is 13.9. The van der Waals surface area contributed by atoms with Crippen LogP contribution in [0.25, 0.3) is 0 Å². The first kappa shape index (κ1) is 14.1. The maximum Gasteiger partial charge on any atom is 0.309 e. The van der Waals surface area contributed by atoms with Gasteiger partial charge in [-0.25, -0.2) is 0 Å². The number of benzene rings is 1. The molecule has 0 saturated heterocycles. The highest BCUT2D eigenvalue weighted by atomic mass is 16.4. The Morgan fingerprint density at radius 2 is 1.89 bits per heavy atom. The van der Waals surface area contributed by atoms with Crippen molar-refractivity contribution in [2.75, 3.05) is 0 Å². The lowest BCUT2D eigenvalue weighted by Gasteiger charge is -2.24. The zero-order valence-corrected chi connectivity index (χ0v) is 12.0. The van der Waals surface area contributed by atoms with Gasteiger partial charge in [-0.2, -0.15) is 0 Å². The predicted octanol–water partition coefficient (Wildman–Crippen LogP) is 4.07. The Labute approximate surface area is 115 Å². The van der Waals surface area contributed by atoms with Crippen LogP contribution in [0, 0.1) is 11.3 Å². The summed E-state index contributed by atoms with van der Waals surface area (Å²) in [6, 6.07) is 8.44. The number of aryl methyl sites for hydroxylation is 1. The Kier molecular flexibility index (Phi) is 4.28. The molecule has 0 bridgehead atoms. The maximum atomic E-state index is 11.7. The SMILES string of the molecule is CCc1ccc(CC2(C(=O)O)CCC(CC)C2)cc1. The summed E-state index contributed by atoms with van der Waals surface area (Å²) in [7, 11) is 0. The Balaban J connectivity index is 2.15. The third-order valence-corrected chi connectivity index (χ3v) is 4.72. The zero-order valence-electron chi connectivity index (χ0n) is 12.0.